The van der Waals surface area contributed by atoms with E-state index in [1.54, 1.807) is 0 Å². The van der Waals surface area contributed by atoms with Gasteiger partial charge in [-0.05, 0) is 26.7 Å². The fourth-order valence-electron chi connectivity index (χ4n) is 3.21. The van der Waals surface area contributed by atoms with Gasteiger partial charge >= 0.3 is 0 Å². The molecule has 0 saturated carbocycles. The molecule has 2 heterocycles. The van der Waals surface area contributed by atoms with Crippen LogP contribution in [-0.2, 0) is 14.3 Å². The topological polar surface area (TPSA) is 38.8 Å². The second-order valence-corrected chi connectivity index (χ2v) is 6.21. The van der Waals surface area contributed by atoms with Crippen molar-refractivity contribution < 1.29 is 14.3 Å². The van der Waals surface area contributed by atoms with Crippen molar-refractivity contribution in [1.29, 1.82) is 0 Å². The summed E-state index contributed by atoms with van der Waals surface area (Å²) in [7, 11) is 0. The summed E-state index contributed by atoms with van der Waals surface area (Å²) >= 11 is 5.87. The van der Waals surface area contributed by atoms with Crippen LogP contribution < -0.4 is 0 Å². The Balaban J connectivity index is 2.06. The third kappa shape index (κ3) is 3.06. The number of carbonyl (C=O) groups is 1. The van der Waals surface area contributed by atoms with E-state index >= 15 is 0 Å². The Labute approximate surface area is 120 Å². The van der Waals surface area contributed by atoms with Gasteiger partial charge in [0.2, 0.25) is 5.91 Å². The van der Waals surface area contributed by atoms with Gasteiger partial charge in [-0.25, -0.2) is 0 Å². The van der Waals surface area contributed by atoms with Crippen LogP contribution in [0.5, 0.6) is 0 Å². The van der Waals surface area contributed by atoms with Crippen molar-refractivity contribution in [3.63, 3.8) is 0 Å². The van der Waals surface area contributed by atoms with Gasteiger partial charge in [0, 0.05) is 13.1 Å². The zero-order valence-electron chi connectivity index (χ0n) is 12.1. The van der Waals surface area contributed by atoms with E-state index in [0.29, 0.717) is 19.0 Å². The molecule has 6 unspecified atom stereocenters. The number of ether oxygens (including phenoxy) is 2. The van der Waals surface area contributed by atoms with E-state index in [-0.39, 0.29) is 42.2 Å². The first-order valence-corrected chi connectivity index (χ1v) is 7.63. The molecule has 0 aromatic heterocycles. The lowest BCUT2D eigenvalue weighted by Crippen LogP contribution is -2.52. The largest absolute Gasteiger partial charge is 0.374 e. The lowest BCUT2D eigenvalue weighted by molar-refractivity contribution is -0.149. The number of hydrogen-bond acceptors (Lipinski definition) is 3. The number of carbonyl (C=O) groups excluding carboxylic acids is 1. The van der Waals surface area contributed by atoms with Gasteiger partial charge in [0.15, 0.2) is 0 Å². The van der Waals surface area contributed by atoms with E-state index < -0.39 is 0 Å². The minimum absolute atomic E-state index is 0.00916. The van der Waals surface area contributed by atoms with Crippen LogP contribution in [0.3, 0.4) is 0 Å². The summed E-state index contributed by atoms with van der Waals surface area (Å²) in [6, 6.07) is 0. The van der Waals surface area contributed by atoms with Gasteiger partial charge in [-0.15, -0.1) is 11.6 Å². The lowest BCUT2D eigenvalue weighted by Gasteiger charge is -2.38. The van der Waals surface area contributed by atoms with Gasteiger partial charge in [-0.3, -0.25) is 4.79 Å². The Morgan fingerprint density at radius 3 is 2.37 bits per heavy atom. The molecule has 5 heteroatoms. The minimum atomic E-state index is -0.0558. The van der Waals surface area contributed by atoms with Crippen LogP contribution in [0.1, 0.15) is 27.7 Å². The predicted octanol–water partition coefficient (Wildman–Crippen LogP) is 1.90. The van der Waals surface area contributed by atoms with Gasteiger partial charge in [-0.2, -0.15) is 0 Å². The molecule has 2 saturated heterocycles. The highest BCUT2D eigenvalue weighted by Gasteiger charge is 2.44. The summed E-state index contributed by atoms with van der Waals surface area (Å²) in [5.41, 5.74) is 0. The Morgan fingerprint density at radius 1 is 1.16 bits per heavy atom. The van der Waals surface area contributed by atoms with Crippen molar-refractivity contribution in [3.05, 3.63) is 0 Å². The van der Waals surface area contributed by atoms with E-state index in [4.69, 9.17) is 21.1 Å². The van der Waals surface area contributed by atoms with Crippen LogP contribution in [0.25, 0.3) is 0 Å². The molecule has 2 aliphatic heterocycles. The number of nitrogens with zero attached hydrogens (tertiary/aromatic N) is 1. The molecule has 0 radical (unpaired) electrons. The molecule has 2 rings (SSSR count). The zero-order chi connectivity index (χ0) is 14.2. The molecule has 0 bridgehead atoms. The van der Waals surface area contributed by atoms with Crippen LogP contribution >= 0.6 is 11.6 Å². The minimum Gasteiger partial charge on any atom is -0.374 e. The third-order valence-corrected chi connectivity index (χ3v) is 4.68. The first-order chi connectivity index (χ1) is 8.93. The van der Waals surface area contributed by atoms with E-state index in [1.807, 2.05) is 25.7 Å². The SMILES string of the molecule is CC1CN(C(=O)C2C(C)OC(C)C2C)CC(CCl)O1. The molecule has 2 fully saturated rings. The molecule has 0 N–H and O–H groups in total. The van der Waals surface area contributed by atoms with E-state index in [1.165, 1.54) is 0 Å². The number of alkyl halides is 1. The van der Waals surface area contributed by atoms with Gasteiger partial charge < -0.3 is 14.4 Å². The molecular formula is C14H24ClNO3. The van der Waals surface area contributed by atoms with Gasteiger partial charge in [0.1, 0.15) is 0 Å². The number of hydrogen-bond donors (Lipinski definition) is 0. The van der Waals surface area contributed by atoms with Crippen LogP contribution in [0.4, 0.5) is 0 Å². The van der Waals surface area contributed by atoms with Crippen molar-refractivity contribution in [2.24, 2.45) is 11.8 Å². The molecule has 19 heavy (non-hydrogen) atoms. The first-order valence-electron chi connectivity index (χ1n) is 7.09. The van der Waals surface area contributed by atoms with E-state index in [2.05, 4.69) is 6.92 Å². The standard InChI is InChI=1S/C14H24ClNO3/c1-8-6-16(7-12(5-15)18-8)14(17)13-9(2)10(3)19-11(13)4/h8-13H,5-7H2,1-4H3. The summed E-state index contributed by atoms with van der Waals surface area (Å²) in [6.45, 7) is 9.36. The maximum atomic E-state index is 12.7. The fourth-order valence-corrected chi connectivity index (χ4v) is 3.38. The highest BCUT2D eigenvalue weighted by Crippen LogP contribution is 2.34. The quantitative estimate of drug-likeness (QED) is 0.729. The average molecular weight is 290 g/mol. The highest BCUT2D eigenvalue weighted by atomic mass is 35.5. The number of morpholine rings is 1. The Kier molecular flexibility index (Phi) is 4.75. The molecule has 0 aromatic rings. The molecular weight excluding hydrogens is 266 g/mol. The molecule has 110 valence electrons. The number of amides is 1. The van der Waals surface area contributed by atoms with E-state index in [9.17, 15) is 4.79 Å². The molecule has 4 nitrogen and oxygen atoms in total. The summed E-state index contributed by atoms with van der Waals surface area (Å²) < 4.78 is 11.5. The maximum Gasteiger partial charge on any atom is 0.228 e. The maximum absolute atomic E-state index is 12.7. The summed E-state index contributed by atoms with van der Waals surface area (Å²) in [5.74, 6) is 0.831. The molecule has 0 aromatic carbocycles. The second kappa shape index (κ2) is 5.98. The van der Waals surface area contributed by atoms with Crippen LogP contribution in [0, 0.1) is 11.8 Å². The normalized spacial score (nSPS) is 43.5. The van der Waals surface area contributed by atoms with Gasteiger partial charge in [0.25, 0.3) is 0 Å². The van der Waals surface area contributed by atoms with Crippen molar-refractivity contribution in [2.75, 3.05) is 19.0 Å². The molecule has 0 aliphatic carbocycles. The summed E-state index contributed by atoms with van der Waals surface area (Å²) in [4.78, 5) is 14.6. The van der Waals surface area contributed by atoms with E-state index in [0.717, 1.165) is 0 Å². The van der Waals surface area contributed by atoms with Crippen LogP contribution in [0.15, 0.2) is 0 Å². The number of halogens is 1. The number of rotatable bonds is 2. The van der Waals surface area contributed by atoms with Gasteiger partial charge in [0.05, 0.1) is 36.2 Å². The smallest absolute Gasteiger partial charge is 0.228 e. The average Bonchev–Trinajstić information content (AvgIpc) is 2.61. The van der Waals surface area contributed by atoms with Crippen molar-refractivity contribution in [3.8, 4) is 0 Å². The fraction of sp³-hybridized carbons (Fsp3) is 0.929. The van der Waals surface area contributed by atoms with Crippen molar-refractivity contribution in [1.82, 2.24) is 4.90 Å². The third-order valence-electron chi connectivity index (χ3n) is 4.34. The molecule has 1 amide bonds. The van der Waals surface area contributed by atoms with Crippen molar-refractivity contribution in [2.45, 2.75) is 52.1 Å². The molecule has 0 spiro atoms. The van der Waals surface area contributed by atoms with Crippen molar-refractivity contribution >= 4 is 17.5 Å². The molecule has 2 aliphatic rings. The lowest BCUT2D eigenvalue weighted by atomic mass is 9.88. The summed E-state index contributed by atoms with van der Waals surface area (Å²) in [6.07, 6.45) is 0.128. The van der Waals surface area contributed by atoms with Crippen LogP contribution in [-0.4, -0.2) is 54.2 Å². The van der Waals surface area contributed by atoms with Gasteiger partial charge in [-0.1, -0.05) is 6.92 Å². The predicted molar refractivity (Wildman–Crippen MR) is 74.3 cm³/mol. The monoisotopic (exact) mass is 289 g/mol. The Bertz CT molecular complexity index is 339. The Morgan fingerprint density at radius 2 is 1.84 bits per heavy atom. The highest BCUT2D eigenvalue weighted by molar-refractivity contribution is 6.18. The Hall–Kier alpha value is -0.320. The first kappa shape index (κ1) is 15.1. The van der Waals surface area contributed by atoms with Crippen LogP contribution in [0.2, 0.25) is 0 Å². The second-order valence-electron chi connectivity index (χ2n) is 5.90. The zero-order valence-corrected chi connectivity index (χ0v) is 12.9. The molecule has 6 atom stereocenters. The summed E-state index contributed by atoms with van der Waals surface area (Å²) in [5, 5.41) is 0.